The number of rotatable bonds is 6. The molecule has 0 aliphatic rings. The second-order valence-corrected chi connectivity index (χ2v) is 9.68. The molecule has 2 heterocycles. The maximum atomic E-state index is 13.4. The van der Waals surface area contributed by atoms with E-state index in [-0.39, 0.29) is 19.2 Å². The smallest absolute Gasteiger partial charge is 0.321 e. The highest BCUT2D eigenvalue weighted by atomic mass is 35.5. The molecule has 0 aliphatic carbocycles. The predicted molar refractivity (Wildman–Crippen MR) is 145 cm³/mol. The number of thiazole rings is 1. The van der Waals surface area contributed by atoms with E-state index in [2.05, 4.69) is 25.9 Å². The molecule has 0 aliphatic heterocycles. The molecule has 0 bridgehead atoms. The zero-order chi connectivity index (χ0) is 25.2. The molecule has 7 nitrogen and oxygen atoms in total. The van der Waals surface area contributed by atoms with Crippen molar-refractivity contribution in [3.63, 3.8) is 0 Å². The standard InChI is InChI=1S/C26H21ClFN5O2S.H2/c1-14-3-2-4-19(27)23(14)32-24(34)16-6-8-20-22(12-16)36-26(31-20)33-25(35)29-10-9-18-11-15-5-7-17(28)13-21(15)30-18;/h2-8,11-13,30H,9-10H2,1H3,(H,32,34)(H2,29,31,33,35);1H. The number of aromatic amines is 1. The Morgan fingerprint density at radius 2 is 1.97 bits per heavy atom. The largest absolute Gasteiger partial charge is 0.358 e. The lowest BCUT2D eigenvalue weighted by Crippen LogP contribution is -2.30. The summed E-state index contributed by atoms with van der Waals surface area (Å²) in [6.45, 7) is 2.26. The highest BCUT2D eigenvalue weighted by Crippen LogP contribution is 2.29. The Hall–Kier alpha value is -3.95. The molecule has 0 fully saturated rings. The van der Waals surface area contributed by atoms with Gasteiger partial charge in [-0.2, -0.15) is 0 Å². The number of halogens is 2. The molecular weight excluding hydrogens is 501 g/mol. The van der Waals surface area contributed by atoms with Crippen molar-refractivity contribution >= 4 is 66.8 Å². The van der Waals surface area contributed by atoms with Gasteiger partial charge in [-0.15, -0.1) is 0 Å². The maximum Gasteiger partial charge on any atom is 0.321 e. The van der Waals surface area contributed by atoms with Crippen LogP contribution in [0.1, 0.15) is 23.0 Å². The van der Waals surface area contributed by atoms with Crippen LogP contribution in [-0.4, -0.2) is 28.5 Å². The number of aromatic nitrogens is 2. The number of hydrogen-bond donors (Lipinski definition) is 4. The lowest BCUT2D eigenvalue weighted by atomic mass is 10.1. The van der Waals surface area contributed by atoms with Crippen molar-refractivity contribution in [2.75, 3.05) is 17.2 Å². The number of carbonyl (C=O) groups is 2. The second-order valence-electron chi connectivity index (χ2n) is 8.24. The number of anilines is 2. The fourth-order valence-electron chi connectivity index (χ4n) is 3.84. The monoisotopic (exact) mass is 523 g/mol. The van der Waals surface area contributed by atoms with Crippen molar-refractivity contribution in [1.29, 1.82) is 0 Å². The Balaban J connectivity index is 0.00000320. The van der Waals surface area contributed by atoms with Gasteiger partial charge in [0.15, 0.2) is 5.13 Å². The van der Waals surface area contributed by atoms with Crippen molar-refractivity contribution in [3.8, 4) is 0 Å². The molecular formula is C26H23ClFN5O2S. The Morgan fingerprint density at radius 3 is 2.81 bits per heavy atom. The van der Waals surface area contributed by atoms with E-state index in [0.717, 1.165) is 26.9 Å². The third kappa shape index (κ3) is 5.17. The van der Waals surface area contributed by atoms with Crippen LogP contribution in [0.3, 0.4) is 0 Å². The van der Waals surface area contributed by atoms with E-state index in [0.29, 0.717) is 39.9 Å². The molecule has 0 atom stereocenters. The van der Waals surface area contributed by atoms with Crippen molar-refractivity contribution in [3.05, 3.63) is 88.3 Å². The van der Waals surface area contributed by atoms with Crippen LogP contribution in [0, 0.1) is 12.7 Å². The van der Waals surface area contributed by atoms with E-state index in [1.165, 1.54) is 23.5 Å². The van der Waals surface area contributed by atoms with Crippen molar-refractivity contribution in [2.45, 2.75) is 13.3 Å². The van der Waals surface area contributed by atoms with Gasteiger partial charge in [0, 0.05) is 31.2 Å². The SMILES string of the molecule is Cc1cccc(Cl)c1NC(=O)c1ccc2nc(NC(=O)NCCc3cc4ccc(F)cc4[nH]3)sc2c1.[HH]. The Kier molecular flexibility index (Phi) is 6.58. The number of fused-ring (bicyclic) bond motifs is 2. The molecule has 5 aromatic rings. The molecule has 0 saturated carbocycles. The van der Waals surface area contributed by atoms with Crippen LogP contribution in [0.4, 0.5) is 20.0 Å². The molecule has 0 spiro atoms. The first-order valence-electron chi connectivity index (χ1n) is 11.1. The Bertz CT molecular complexity index is 1600. The van der Waals surface area contributed by atoms with Gasteiger partial charge in [-0.3, -0.25) is 10.1 Å². The van der Waals surface area contributed by atoms with Crippen LogP contribution in [0.15, 0.2) is 60.7 Å². The highest BCUT2D eigenvalue weighted by molar-refractivity contribution is 7.22. The first-order valence-corrected chi connectivity index (χ1v) is 12.3. The number of carbonyl (C=O) groups excluding carboxylic acids is 2. The average molecular weight is 524 g/mol. The lowest BCUT2D eigenvalue weighted by Gasteiger charge is -2.10. The molecule has 4 N–H and O–H groups in total. The third-order valence-corrected chi connectivity index (χ3v) is 6.90. The summed E-state index contributed by atoms with van der Waals surface area (Å²) in [7, 11) is 0. The van der Waals surface area contributed by atoms with Gasteiger partial charge in [0.1, 0.15) is 5.82 Å². The van der Waals surface area contributed by atoms with Gasteiger partial charge in [-0.05, 0) is 66.4 Å². The van der Waals surface area contributed by atoms with E-state index in [4.69, 9.17) is 11.6 Å². The Labute approximate surface area is 216 Å². The van der Waals surface area contributed by atoms with Gasteiger partial charge < -0.3 is 15.6 Å². The topological polar surface area (TPSA) is 98.9 Å². The molecule has 184 valence electrons. The minimum absolute atomic E-state index is 0. The zero-order valence-electron chi connectivity index (χ0n) is 19.1. The molecule has 2 aromatic heterocycles. The van der Waals surface area contributed by atoms with Gasteiger partial charge in [0.2, 0.25) is 0 Å². The summed E-state index contributed by atoms with van der Waals surface area (Å²) < 4.78 is 14.1. The summed E-state index contributed by atoms with van der Waals surface area (Å²) in [6.07, 6.45) is 0.562. The summed E-state index contributed by atoms with van der Waals surface area (Å²) in [4.78, 5) is 32.7. The van der Waals surface area contributed by atoms with Crippen LogP contribution in [0.2, 0.25) is 5.02 Å². The number of urea groups is 1. The van der Waals surface area contributed by atoms with Crippen molar-refractivity contribution in [2.24, 2.45) is 0 Å². The second kappa shape index (κ2) is 9.96. The first-order chi connectivity index (χ1) is 17.4. The van der Waals surface area contributed by atoms with Crippen LogP contribution >= 0.6 is 22.9 Å². The van der Waals surface area contributed by atoms with Crippen LogP contribution in [0.5, 0.6) is 0 Å². The van der Waals surface area contributed by atoms with E-state index >= 15 is 0 Å². The molecule has 3 amide bonds. The number of amides is 3. The molecule has 10 heteroatoms. The molecule has 5 rings (SSSR count). The fourth-order valence-corrected chi connectivity index (χ4v) is 5.01. The number of benzene rings is 3. The fraction of sp³-hybridized carbons (Fsp3) is 0.115. The summed E-state index contributed by atoms with van der Waals surface area (Å²) >= 11 is 7.49. The van der Waals surface area contributed by atoms with Gasteiger partial charge >= 0.3 is 6.03 Å². The number of hydrogen-bond acceptors (Lipinski definition) is 4. The summed E-state index contributed by atoms with van der Waals surface area (Å²) in [5.41, 5.74) is 4.19. The van der Waals surface area contributed by atoms with Crippen molar-refractivity contribution in [1.82, 2.24) is 15.3 Å². The third-order valence-electron chi connectivity index (χ3n) is 5.65. The maximum absolute atomic E-state index is 13.4. The van der Waals surface area contributed by atoms with Gasteiger partial charge in [-0.25, -0.2) is 14.2 Å². The minimum Gasteiger partial charge on any atom is -0.358 e. The quantitative estimate of drug-likeness (QED) is 0.198. The normalized spacial score (nSPS) is 11.1. The molecule has 0 unspecified atom stereocenters. The van der Waals surface area contributed by atoms with Crippen LogP contribution < -0.4 is 16.0 Å². The molecule has 0 radical (unpaired) electrons. The number of aryl methyl sites for hydroxylation is 1. The van der Waals surface area contributed by atoms with Gasteiger partial charge in [0.05, 0.1) is 20.9 Å². The predicted octanol–water partition coefficient (Wildman–Crippen LogP) is 6.74. The summed E-state index contributed by atoms with van der Waals surface area (Å²) in [6, 6.07) is 16.7. The van der Waals surface area contributed by atoms with Gasteiger partial charge in [-0.1, -0.05) is 35.1 Å². The van der Waals surface area contributed by atoms with E-state index in [9.17, 15) is 14.0 Å². The zero-order valence-corrected chi connectivity index (χ0v) is 20.7. The number of para-hydroxylation sites is 1. The van der Waals surface area contributed by atoms with Gasteiger partial charge in [0.25, 0.3) is 5.91 Å². The highest BCUT2D eigenvalue weighted by Gasteiger charge is 2.14. The van der Waals surface area contributed by atoms with E-state index in [1.54, 1.807) is 30.3 Å². The van der Waals surface area contributed by atoms with E-state index < -0.39 is 0 Å². The van der Waals surface area contributed by atoms with Crippen LogP contribution in [-0.2, 0) is 6.42 Å². The number of nitrogens with zero attached hydrogens (tertiary/aromatic N) is 1. The Morgan fingerprint density at radius 1 is 1.11 bits per heavy atom. The summed E-state index contributed by atoms with van der Waals surface area (Å²) in [5, 5.41) is 10.2. The minimum atomic E-state index is -0.386. The van der Waals surface area contributed by atoms with E-state index in [1.807, 2.05) is 25.1 Å². The number of nitrogens with one attached hydrogen (secondary N) is 4. The molecule has 36 heavy (non-hydrogen) atoms. The average Bonchev–Trinajstić information content (AvgIpc) is 3.43. The van der Waals surface area contributed by atoms with Crippen LogP contribution in [0.25, 0.3) is 21.1 Å². The molecule has 3 aromatic carbocycles. The summed E-state index contributed by atoms with van der Waals surface area (Å²) in [5.74, 6) is -0.582. The molecule has 0 saturated heterocycles. The lowest BCUT2D eigenvalue weighted by molar-refractivity contribution is 0.102. The first kappa shape index (κ1) is 23.8. The number of H-pyrrole nitrogens is 1. The van der Waals surface area contributed by atoms with Crippen molar-refractivity contribution < 1.29 is 15.4 Å².